The number of hydrogen-bond donors (Lipinski definition) is 1. The molecule has 0 aliphatic carbocycles. The number of ketones is 1. The minimum absolute atomic E-state index is 0.0358. The number of benzene rings is 1. The Labute approximate surface area is 85.0 Å². The van der Waals surface area contributed by atoms with E-state index < -0.39 is 0 Å². The van der Waals surface area contributed by atoms with E-state index in [-0.39, 0.29) is 11.5 Å². The van der Waals surface area contributed by atoms with Gasteiger partial charge in [-0.15, -0.1) is 11.3 Å². The van der Waals surface area contributed by atoms with E-state index in [4.69, 9.17) is 0 Å². The van der Waals surface area contributed by atoms with Gasteiger partial charge in [0.25, 0.3) is 0 Å². The summed E-state index contributed by atoms with van der Waals surface area (Å²) in [6, 6.07) is 3.23. The van der Waals surface area contributed by atoms with Crippen molar-refractivity contribution in [3.05, 3.63) is 22.7 Å². The summed E-state index contributed by atoms with van der Waals surface area (Å²) >= 11 is 1.43. The standard InChI is InChI=1S/C10H9NO2S/c1-5(12)9-8(13)4-3-7-10(9)14-6(2)11-7/h3-4,13H,1-2H3. The summed E-state index contributed by atoms with van der Waals surface area (Å²) in [5.41, 5.74) is 1.16. The summed E-state index contributed by atoms with van der Waals surface area (Å²) < 4.78 is 0.773. The van der Waals surface area contributed by atoms with Crippen LogP contribution in [0.5, 0.6) is 5.75 Å². The van der Waals surface area contributed by atoms with Crippen molar-refractivity contribution >= 4 is 27.3 Å². The van der Waals surface area contributed by atoms with Crippen LogP contribution in [0.2, 0.25) is 0 Å². The molecule has 1 aromatic heterocycles. The van der Waals surface area contributed by atoms with Crippen LogP contribution in [-0.2, 0) is 0 Å². The second kappa shape index (κ2) is 3.06. The van der Waals surface area contributed by atoms with E-state index in [2.05, 4.69) is 4.98 Å². The number of fused-ring (bicyclic) bond motifs is 1. The molecule has 1 N–H and O–H groups in total. The van der Waals surface area contributed by atoms with Gasteiger partial charge in [-0.05, 0) is 26.0 Å². The fraction of sp³-hybridized carbons (Fsp3) is 0.200. The Bertz CT molecular complexity index is 516. The molecule has 1 heterocycles. The third-order valence-corrected chi connectivity index (χ3v) is 3.00. The molecule has 0 unspecified atom stereocenters. The molecule has 0 saturated heterocycles. The molecule has 0 aliphatic heterocycles. The quantitative estimate of drug-likeness (QED) is 0.731. The number of aromatic hydroxyl groups is 1. The van der Waals surface area contributed by atoms with Gasteiger partial charge in [-0.25, -0.2) is 4.98 Å². The molecular weight excluding hydrogens is 198 g/mol. The number of aromatic nitrogens is 1. The van der Waals surface area contributed by atoms with Crippen LogP contribution in [0.3, 0.4) is 0 Å². The molecule has 3 nitrogen and oxygen atoms in total. The molecule has 1 aromatic carbocycles. The molecule has 72 valence electrons. The molecule has 0 aliphatic rings. The highest BCUT2D eigenvalue weighted by Crippen LogP contribution is 2.31. The maximum absolute atomic E-state index is 11.3. The Morgan fingerprint density at radius 3 is 2.86 bits per heavy atom. The van der Waals surface area contributed by atoms with Gasteiger partial charge >= 0.3 is 0 Å². The summed E-state index contributed by atoms with van der Waals surface area (Å²) in [5, 5.41) is 10.4. The van der Waals surface area contributed by atoms with Gasteiger partial charge in [0.2, 0.25) is 0 Å². The summed E-state index contributed by atoms with van der Waals surface area (Å²) in [7, 11) is 0. The monoisotopic (exact) mass is 207 g/mol. The molecule has 0 saturated carbocycles. The SMILES string of the molecule is CC(=O)c1c(O)ccc2nc(C)sc12. The first-order valence-electron chi connectivity index (χ1n) is 4.19. The molecule has 2 aromatic rings. The summed E-state index contributed by atoms with van der Waals surface area (Å²) in [5.74, 6) is -0.0922. The first-order valence-corrected chi connectivity index (χ1v) is 5.01. The van der Waals surface area contributed by atoms with Crippen LogP contribution in [0, 0.1) is 6.92 Å². The highest BCUT2D eigenvalue weighted by Gasteiger charge is 2.13. The van der Waals surface area contributed by atoms with Crippen molar-refractivity contribution < 1.29 is 9.90 Å². The molecule has 0 fully saturated rings. The van der Waals surface area contributed by atoms with E-state index >= 15 is 0 Å². The molecule has 4 heteroatoms. The zero-order valence-electron chi connectivity index (χ0n) is 7.87. The minimum atomic E-state index is -0.128. The topological polar surface area (TPSA) is 50.2 Å². The van der Waals surface area contributed by atoms with Crippen LogP contribution in [0.15, 0.2) is 12.1 Å². The lowest BCUT2D eigenvalue weighted by Crippen LogP contribution is -1.92. The average Bonchev–Trinajstić information content (AvgIpc) is 2.43. The zero-order valence-corrected chi connectivity index (χ0v) is 8.68. The Kier molecular flexibility index (Phi) is 2.00. The Morgan fingerprint density at radius 2 is 2.21 bits per heavy atom. The molecular formula is C10H9NO2S. The van der Waals surface area contributed by atoms with Crippen molar-refractivity contribution in [1.29, 1.82) is 0 Å². The number of nitrogens with zero attached hydrogens (tertiary/aromatic N) is 1. The number of hydrogen-bond acceptors (Lipinski definition) is 4. The van der Waals surface area contributed by atoms with Crippen molar-refractivity contribution in [2.45, 2.75) is 13.8 Å². The van der Waals surface area contributed by atoms with Gasteiger partial charge in [-0.2, -0.15) is 0 Å². The average molecular weight is 207 g/mol. The van der Waals surface area contributed by atoms with Crippen LogP contribution in [0.1, 0.15) is 22.3 Å². The van der Waals surface area contributed by atoms with E-state index in [1.165, 1.54) is 24.3 Å². The minimum Gasteiger partial charge on any atom is -0.507 e. The predicted octanol–water partition coefficient (Wildman–Crippen LogP) is 2.51. The fourth-order valence-corrected chi connectivity index (χ4v) is 2.44. The number of carbonyl (C=O) groups is 1. The first-order chi connectivity index (χ1) is 6.59. The molecule has 0 atom stereocenters. The largest absolute Gasteiger partial charge is 0.507 e. The van der Waals surface area contributed by atoms with Crippen LogP contribution in [0.4, 0.5) is 0 Å². The van der Waals surface area contributed by atoms with E-state index in [9.17, 15) is 9.90 Å². The van der Waals surface area contributed by atoms with E-state index in [1.54, 1.807) is 6.07 Å². The number of Topliss-reactive ketones (excluding diaryl/α,β-unsaturated/α-hetero) is 1. The van der Waals surface area contributed by atoms with Crippen molar-refractivity contribution in [2.75, 3.05) is 0 Å². The molecule has 2 rings (SSSR count). The van der Waals surface area contributed by atoms with E-state index in [0.29, 0.717) is 5.56 Å². The fourth-order valence-electron chi connectivity index (χ4n) is 1.43. The Hall–Kier alpha value is -1.42. The number of thiazole rings is 1. The molecule has 14 heavy (non-hydrogen) atoms. The third-order valence-electron chi connectivity index (χ3n) is 1.99. The molecule has 0 spiro atoms. The second-order valence-electron chi connectivity index (χ2n) is 3.10. The van der Waals surface area contributed by atoms with Crippen LogP contribution in [-0.4, -0.2) is 15.9 Å². The van der Waals surface area contributed by atoms with Gasteiger partial charge in [-0.3, -0.25) is 4.79 Å². The van der Waals surface area contributed by atoms with Crippen molar-refractivity contribution in [1.82, 2.24) is 4.98 Å². The van der Waals surface area contributed by atoms with Crippen LogP contribution < -0.4 is 0 Å². The normalized spacial score (nSPS) is 10.7. The summed E-state index contributed by atoms with van der Waals surface area (Å²) in [6.45, 7) is 3.33. The number of carbonyl (C=O) groups excluding carboxylic acids is 1. The smallest absolute Gasteiger partial charge is 0.165 e. The predicted molar refractivity (Wildman–Crippen MR) is 56.0 cm³/mol. The number of rotatable bonds is 1. The van der Waals surface area contributed by atoms with Gasteiger partial charge in [0, 0.05) is 0 Å². The number of phenols is 1. The lowest BCUT2D eigenvalue weighted by atomic mass is 10.1. The van der Waals surface area contributed by atoms with Gasteiger partial charge in [0.15, 0.2) is 5.78 Å². The zero-order chi connectivity index (χ0) is 10.3. The van der Waals surface area contributed by atoms with E-state index in [1.807, 2.05) is 6.92 Å². The number of phenolic OH excluding ortho intramolecular Hbond substituents is 1. The highest BCUT2D eigenvalue weighted by atomic mass is 32.1. The summed E-state index contributed by atoms with van der Waals surface area (Å²) in [4.78, 5) is 15.6. The van der Waals surface area contributed by atoms with Crippen LogP contribution >= 0.6 is 11.3 Å². The summed E-state index contributed by atoms with van der Waals surface area (Å²) in [6.07, 6.45) is 0. The van der Waals surface area contributed by atoms with Gasteiger partial charge in [-0.1, -0.05) is 0 Å². The first kappa shape index (κ1) is 9.15. The van der Waals surface area contributed by atoms with Gasteiger partial charge in [0.1, 0.15) is 5.75 Å². The van der Waals surface area contributed by atoms with Crippen molar-refractivity contribution in [3.63, 3.8) is 0 Å². The maximum atomic E-state index is 11.3. The Morgan fingerprint density at radius 1 is 1.50 bits per heavy atom. The molecule has 0 amide bonds. The molecule has 0 radical (unpaired) electrons. The lowest BCUT2D eigenvalue weighted by Gasteiger charge is -1.99. The maximum Gasteiger partial charge on any atom is 0.165 e. The highest BCUT2D eigenvalue weighted by molar-refractivity contribution is 7.19. The van der Waals surface area contributed by atoms with E-state index in [0.717, 1.165) is 15.2 Å². The van der Waals surface area contributed by atoms with Crippen molar-refractivity contribution in [3.8, 4) is 5.75 Å². The third kappa shape index (κ3) is 1.28. The molecule has 0 bridgehead atoms. The lowest BCUT2D eigenvalue weighted by molar-refractivity contribution is 0.101. The van der Waals surface area contributed by atoms with Crippen molar-refractivity contribution in [2.24, 2.45) is 0 Å². The van der Waals surface area contributed by atoms with Crippen LogP contribution in [0.25, 0.3) is 10.2 Å². The Balaban J connectivity index is 2.88. The second-order valence-corrected chi connectivity index (χ2v) is 4.30. The van der Waals surface area contributed by atoms with Gasteiger partial charge in [0.05, 0.1) is 20.8 Å². The number of aryl methyl sites for hydroxylation is 1. The van der Waals surface area contributed by atoms with Gasteiger partial charge < -0.3 is 5.11 Å².